The van der Waals surface area contributed by atoms with Crippen LogP contribution in [0.15, 0.2) is 9.98 Å². The number of carboxylic acid groups (broad SMARTS) is 2. The fourth-order valence-corrected chi connectivity index (χ4v) is 3.35. The maximum absolute atomic E-state index is 11.9. The molecule has 0 aromatic heterocycles. The molecule has 0 spiro atoms. The smallest absolute Gasteiger partial charge is 0.303 e. The van der Waals surface area contributed by atoms with E-state index in [0.29, 0.717) is 12.8 Å². The summed E-state index contributed by atoms with van der Waals surface area (Å²) in [6.07, 6.45) is 0.143. The molecule has 6 amide bonds. The van der Waals surface area contributed by atoms with Crippen LogP contribution in [0.25, 0.3) is 0 Å². The highest BCUT2D eigenvalue weighted by atomic mass is 16.4. The fraction of sp³-hybridized carbons (Fsp3) is 0.615. The number of aliphatic imine (C=N–C) groups is 2. The van der Waals surface area contributed by atoms with Crippen molar-refractivity contribution in [3.05, 3.63) is 0 Å². The van der Waals surface area contributed by atoms with Crippen LogP contribution in [0.4, 0.5) is 0 Å². The Kier molecular flexibility index (Phi) is 22.7. The quantitative estimate of drug-likeness (QED) is 0.0287. The second kappa shape index (κ2) is 24.5. The number of nitrogens with one attached hydrogen (secondary N) is 4. The van der Waals surface area contributed by atoms with Crippen LogP contribution >= 0.6 is 0 Å². The Morgan fingerprint density at radius 3 is 1.10 bits per heavy atom. The lowest BCUT2D eigenvalue weighted by atomic mass is 10.1. The molecule has 22 nitrogen and oxygen atoms in total. The van der Waals surface area contributed by atoms with Crippen molar-refractivity contribution in [2.24, 2.45) is 44.4 Å². The molecule has 0 saturated heterocycles. The molecule has 0 saturated carbocycles. The van der Waals surface area contributed by atoms with Crippen molar-refractivity contribution >= 4 is 59.3 Å². The first kappa shape index (κ1) is 44.4. The van der Waals surface area contributed by atoms with Gasteiger partial charge in [-0.15, -0.1) is 0 Å². The van der Waals surface area contributed by atoms with E-state index in [0.717, 1.165) is 0 Å². The number of guanidine groups is 2. The lowest BCUT2D eigenvalue weighted by Crippen LogP contribution is -2.52. The third kappa shape index (κ3) is 24.6. The molecular formula is C26H48N12O10. The molecule has 22 heteroatoms. The van der Waals surface area contributed by atoms with E-state index in [1.807, 2.05) is 0 Å². The first-order chi connectivity index (χ1) is 22.3. The Bertz CT molecular complexity index is 1100. The average Bonchev–Trinajstić information content (AvgIpc) is 2.96. The Morgan fingerprint density at radius 2 is 0.854 bits per heavy atom. The lowest BCUT2D eigenvalue weighted by molar-refractivity contribution is -0.138. The molecule has 0 heterocycles. The van der Waals surface area contributed by atoms with Crippen molar-refractivity contribution in [2.75, 3.05) is 13.1 Å². The predicted molar refractivity (Wildman–Crippen MR) is 171 cm³/mol. The highest BCUT2D eigenvalue weighted by molar-refractivity contribution is 5.92. The summed E-state index contributed by atoms with van der Waals surface area (Å²) < 4.78 is 0. The number of carbonyl (C=O) groups is 8. The van der Waals surface area contributed by atoms with Gasteiger partial charge in [0.15, 0.2) is 11.9 Å². The van der Waals surface area contributed by atoms with E-state index in [9.17, 15) is 38.4 Å². The first-order valence-electron chi connectivity index (χ1n) is 14.6. The summed E-state index contributed by atoms with van der Waals surface area (Å²) in [7, 11) is 0. The van der Waals surface area contributed by atoms with Gasteiger partial charge in [0, 0.05) is 38.8 Å². The van der Waals surface area contributed by atoms with Crippen LogP contribution in [0.5, 0.6) is 0 Å². The van der Waals surface area contributed by atoms with Crippen molar-refractivity contribution in [2.45, 2.75) is 89.4 Å². The Labute approximate surface area is 276 Å². The molecule has 0 aliphatic carbocycles. The number of nitrogens with two attached hydrogens (primary N) is 6. The van der Waals surface area contributed by atoms with Crippen LogP contribution in [-0.2, 0) is 38.4 Å². The van der Waals surface area contributed by atoms with E-state index in [1.54, 1.807) is 0 Å². The minimum Gasteiger partial charge on any atom is -0.481 e. The summed E-state index contributed by atoms with van der Waals surface area (Å²) in [6, 6.07) is -4.05. The van der Waals surface area contributed by atoms with Crippen molar-refractivity contribution in [1.82, 2.24) is 21.3 Å². The predicted octanol–water partition coefficient (Wildman–Crippen LogP) is -5.24. The van der Waals surface area contributed by atoms with Gasteiger partial charge in [0.2, 0.25) is 35.4 Å². The Morgan fingerprint density at radius 1 is 0.542 bits per heavy atom. The van der Waals surface area contributed by atoms with Crippen LogP contribution < -0.4 is 55.7 Å². The van der Waals surface area contributed by atoms with Crippen LogP contribution in [0.2, 0.25) is 0 Å². The van der Waals surface area contributed by atoms with Gasteiger partial charge in [-0.2, -0.15) is 0 Å². The number of nitrogens with zero attached hydrogens (tertiary/aromatic N) is 2. The van der Waals surface area contributed by atoms with Gasteiger partial charge in [-0.05, 0) is 39.5 Å². The van der Waals surface area contributed by atoms with Crippen molar-refractivity contribution in [1.29, 1.82) is 0 Å². The lowest BCUT2D eigenvalue weighted by Gasteiger charge is -2.18. The van der Waals surface area contributed by atoms with E-state index in [-0.39, 0.29) is 75.3 Å². The number of amides is 6. The molecule has 0 radical (unpaired) electrons. The van der Waals surface area contributed by atoms with Crippen molar-refractivity contribution in [3.63, 3.8) is 0 Å². The van der Waals surface area contributed by atoms with Gasteiger partial charge in [-0.1, -0.05) is 0 Å². The first-order valence-corrected chi connectivity index (χ1v) is 14.6. The van der Waals surface area contributed by atoms with Gasteiger partial charge < -0.3 is 65.9 Å². The third-order valence-electron chi connectivity index (χ3n) is 5.87. The molecule has 0 aromatic rings. The highest BCUT2D eigenvalue weighted by Crippen LogP contribution is 2.00. The molecule has 0 bridgehead atoms. The molecule has 18 N–H and O–H groups in total. The molecule has 272 valence electrons. The van der Waals surface area contributed by atoms with Gasteiger partial charge in [0.1, 0.15) is 24.2 Å². The number of rotatable bonds is 22. The van der Waals surface area contributed by atoms with E-state index in [4.69, 9.17) is 44.6 Å². The van der Waals surface area contributed by atoms with E-state index in [1.165, 1.54) is 13.8 Å². The van der Waals surface area contributed by atoms with Gasteiger partial charge in [0.05, 0.1) is 0 Å². The van der Waals surface area contributed by atoms with Gasteiger partial charge in [-0.3, -0.25) is 48.3 Å². The maximum atomic E-state index is 11.9. The number of primary amides is 2. The summed E-state index contributed by atoms with van der Waals surface area (Å²) in [4.78, 5) is 98.1. The average molecular weight is 689 g/mol. The Hall–Kier alpha value is -5.70. The summed E-state index contributed by atoms with van der Waals surface area (Å²) >= 11 is 0. The second-order valence-corrected chi connectivity index (χ2v) is 10.2. The van der Waals surface area contributed by atoms with Crippen molar-refractivity contribution < 1.29 is 48.6 Å². The summed E-state index contributed by atoms with van der Waals surface area (Å²) in [6.45, 7) is 3.43. The van der Waals surface area contributed by atoms with E-state index < -0.39 is 59.7 Å². The normalized spacial score (nSPS) is 12.5. The molecule has 0 rings (SSSR count). The number of aliphatic carboxylic acids is 2. The zero-order chi connectivity index (χ0) is 37.4. The summed E-state index contributed by atoms with van der Waals surface area (Å²) in [5, 5.41) is 26.7. The topological polar surface area (TPSA) is 406 Å². The summed E-state index contributed by atoms with van der Waals surface area (Å²) in [5.74, 6) is -6.10. The zero-order valence-corrected chi connectivity index (χ0v) is 26.9. The summed E-state index contributed by atoms with van der Waals surface area (Å²) in [5.41, 5.74) is 30.8. The Balaban J connectivity index is 0. The molecule has 0 fully saturated rings. The number of hydrogen-bond acceptors (Lipinski definition) is 10. The number of carboxylic acids is 2. The van der Waals surface area contributed by atoms with Crippen LogP contribution in [0.3, 0.4) is 0 Å². The van der Waals surface area contributed by atoms with Crippen LogP contribution in [-0.4, -0.2) is 107 Å². The minimum absolute atomic E-state index is 0.0676. The van der Waals surface area contributed by atoms with Crippen LogP contribution in [0, 0.1) is 0 Å². The monoisotopic (exact) mass is 688 g/mol. The highest BCUT2D eigenvalue weighted by Gasteiger charge is 2.24. The van der Waals surface area contributed by atoms with E-state index in [2.05, 4.69) is 31.3 Å². The van der Waals surface area contributed by atoms with Crippen LogP contribution in [0.1, 0.15) is 65.2 Å². The largest absolute Gasteiger partial charge is 0.481 e. The minimum atomic E-state index is -1.12. The van der Waals surface area contributed by atoms with Gasteiger partial charge >= 0.3 is 11.9 Å². The number of hydrogen-bond donors (Lipinski definition) is 12. The fourth-order valence-electron chi connectivity index (χ4n) is 3.35. The van der Waals surface area contributed by atoms with Crippen molar-refractivity contribution in [3.8, 4) is 0 Å². The van der Waals surface area contributed by atoms with E-state index >= 15 is 0 Å². The maximum Gasteiger partial charge on any atom is 0.303 e. The molecule has 4 atom stereocenters. The third-order valence-corrected chi connectivity index (χ3v) is 5.87. The molecule has 48 heavy (non-hydrogen) atoms. The molecule has 0 aromatic carbocycles. The zero-order valence-electron chi connectivity index (χ0n) is 26.9. The number of carbonyl (C=O) groups excluding carboxylic acids is 6. The molecule has 0 aliphatic rings. The van der Waals surface area contributed by atoms with Gasteiger partial charge in [0.25, 0.3) is 0 Å². The van der Waals surface area contributed by atoms with Gasteiger partial charge in [-0.25, -0.2) is 0 Å². The molecule has 0 unspecified atom stereocenters. The SMILES string of the molecule is C[C@@H](NC(=O)CCCN=C(N)N)C(=O)N[C@H](CCC(=O)O)C(N)=O.C[C@H](NC(=O)CCCN=C(N)N)C(=O)N[C@@H](CCC(=O)O)C(N)=O. The molecule has 0 aliphatic heterocycles. The standard InChI is InChI=1S/2C13H24N6O5/c2*1-7(18-9(20)3-2-6-17-13(15)16)12(24)19-8(11(14)23)4-5-10(21)22/h2*7-8H,2-6H2,1H3,(H2,14,23)(H,18,20)(H,19,24)(H,21,22)(H4,15,16,17)/t2*7-,8-/m10/s1. The second-order valence-electron chi connectivity index (χ2n) is 10.2. The molecular weight excluding hydrogens is 640 g/mol.